The summed E-state index contributed by atoms with van der Waals surface area (Å²) in [6.45, 7) is 42.9. The van der Waals surface area contributed by atoms with Gasteiger partial charge in [-0.1, -0.05) is 58.9 Å². The van der Waals surface area contributed by atoms with Crippen LogP contribution in [-0.2, 0) is 44.3 Å². The van der Waals surface area contributed by atoms with Gasteiger partial charge in [-0.15, -0.1) is 0 Å². The Morgan fingerprint density at radius 2 is 0.375 bits per heavy atom. The van der Waals surface area contributed by atoms with Gasteiger partial charge in [-0.2, -0.15) is 0 Å². The topological polar surface area (TPSA) is 99.5 Å². The van der Waals surface area contributed by atoms with Crippen molar-refractivity contribution in [3.8, 4) is 0 Å². The summed E-state index contributed by atoms with van der Waals surface area (Å²) in [5, 5.41) is 0. The summed E-state index contributed by atoms with van der Waals surface area (Å²) in [4.78, 5) is 0. The molecular weight excluding hydrogens is 638 g/mol. The van der Waals surface area contributed by atoms with E-state index in [9.17, 15) is 0 Å². The predicted octanol–water partition coefficient (Wildman–Crippen LogP) is 3.54. The van der Waals surface area contributed by atoms with E-state index >= 15 is 0 Å². The van der Waals surface area contributed by atoms with Gasteiger partial charge < -0.3 is 0 Å². The maximum absolute atomic E-state index is 7.50. The second-order valence-electron chi connectivity index (χ2n) is 4.50. The molecule has 0 bridgehead atoms. The molecule has 0 aliphatic carbocycles. The molecule has 0 aliphatic rings. The van der Waals surface area contributed by atoms with Gasteiger partial charge in [-0.3, -0.25) is 0 Å². The van der Waals surface area contributed by atoms with Crippen molar-refractivity contribution in [2.45, 2.75) is 58.9 Å². The summed E-state index contributed by atoms with van der Waals surface area (Å²) < 4.78 is 37.5. The Morgan fingerprint density at radius 3 is 0.375 bits per heavy atom. The largest absolute Gasteiger partial charge is 0 e. The van der Waals surface area contributed by atoms with E-state index < -0.39 is 0 Å². The molecule has 0 saturated heterocycles. The number of hydrogen-bond acceptors (Lipinski definition) is 0. The fourth-order valence-corrected chi connectivity index (χ4v) is 0. The minimum Gasteiger partial charge on any atom is 0 e. The smallest absolute Gasteiger partial charge is 0 e. The first kappa shape index (κ1) is 64.1. The molecule has 24 heavy (non-hydrogen) atoms. The summed E-state index contributed by atoms with van der Waals surface area (Å²) in [6.07, 6.45) is 0. The van der Waals surface area contributed by atoms with Gasteiger partial charge in [-0.05, 0) is 0 Å². The van der Waals surface area contributed by atoms with Crippen molar-refractivity contribution in [3.05, 3.63) is 33.3 Å². The van der Waals surface area contributed by atoms with Crippen LogP contribution in [0.4, 0.5) is 0 Å². The minimum atomic E-state index is 0. The van der Waals surface area contributed by atoms with Gasteiger partial charge in [0.25, 0.3) is 0 Å². The Bertz CT molecular complexity index is 173. The van der Waals surface area contributed by atoms with Crippen LogP contribution in [-0.4, -0.2) is 50.8 Å². The third-order valence-electron chi connectivity index (χ3n) is 0. The van der Waals surface area contributed by atoms with Gasteiger partial charge in [0.15, 0.2) is 0 Å². The summed E-state index contributed by atoms with van der Waals surface area (Å²) in [6, 6.07) is 0. The molecule has 0 aromatic carbocycles. The maximum atomic E-state index is 7.50. The molecule has 0 saturated carbocycles. The van der Waals surface area contributed by atoms with Gasteiger partial charge in [0.1, 0.15) is 0 Å². The van der Waals surface area contributed by atoms with Gasteiger partial charge in [0, 0.05) is 71.9 Å². The molecule has 0 rings (SSSR count). The number of rotatable bonds is 0. The second-order valence-corrected chi connectivity index (χ2v) is 13.5. The fourth-order valence-electron chi connectivity index (χ4n) is 0. The van der Waals surface area contributed by atoms with Crippen LogP contribution in [0.3, 0.4) is 0 Å². The molecule has 6 radical (unpaired) electrons. The molecule has 0 atom stereocenters. The molecule has 5 nitrogen and oxygen atoms in total. The van der Waals surface area contributed by atoms with Gasteiger partial charge in [0.05, 0.1) is 0 Å². The zero-order valence-corrected chi connectivity index (χ0v) is 24.4. The van der Waals surface area contributed by atoms with E-state index in [0.29, 0.717) is 0 Å². The molecule has 0 heterocycles. The molecule has 136 valence electrons. The van der Waals surface area contributed by atoms with Crippen molar-refractivity contribution in [3.63, 3.8) is 0 Å². The van der Waals surface area contributed by atoms with Gasteiger partial charge >= 0.3 is 56.5 Å². The Hall–Kier alpha value is 0.857. The molecule has 10 heteroatoms. The van der Waals surface area contributed by atoms with Crippen molar-refractivity contribution < 1.29 is 44.3 Å². The van der Waals surface area contributed by atoms with Crippen LogP contribution in [0, 0.1) is 33.3 Å². The number of hydrogen-bond donors (Lipinski definition) is 0. The van der Waals surface area contributed by atoms with E-state index in [1.165, 1.54) is 0 Å². The van der Waals surface area contributed by atoms with Crippen LogP contribution in [0.15, 0.2) is 0 Å². The van der Waals surface area contributed by atoms with Crippen molar-refractivity contribution in [2.75, 3.05) is 0 Å². The Labute approximate surface area is 186 Å². The molecule has 0 aromatic heterocycles. The zero-order valence-electron chi connectivity index (χ0n) is 15.9. The van der Waals surface area contributed by atoms with E-state index in [4.69, 9.17) is 23.3 Å². The maximum Gasteiger partial charge on any atom is 0 e. The Kier molecular flexibility index (Phi) is 343. The van der Waals surface area contributed by atoms with Crippen LogP contribution < -0.4 is 0 Å². The van der Waals surface area contributed by atoms with E-state index in [-0.39, 0.29) is 71.9 Å². The summed E-state index contributed by atoms with van der Waals surface area (Å²) in [5.41, 5.74) is 0. The molecule has 0 unspecified atom stereocenters. The van der Waals surface area contributed by atoms with Crippen molar-refractivity contribution >= 4 is 50.8 Å². The van der Waals surface area contributed by atoms with Gasteiger partial charge in [-0.25, -0.2) is 0 Å². The predicted molar refractivity (Wildman–Crippen MR) is 95.4 cm³/mol. The van der Waals surface area contributed by atoms with Gasteiger partial charge in [0.2, 0.25) is 0 Å². The quantitative estimate of drug-likeness (QED) is 0.215. The average Bonchev–Trinajstić information content (AvgIpc) is 2.47. The first-order valence-corrected chi connectivity index (χ1v) is 14.5. The van der Waals surface area contributed by atoms with Crippen molar-refractivity contribution in [1.29, 1.82) is 0 Å². The summed E-state index contributed by atoms with van der Waals surface area (Å²) in [5.74, 6) is 0. The molecule has 0 aliphatic heterocycles. The first-order chi connectivity index (χ1) is 10.2. The van der Waals surface area contributed by atoms with Crippen molar-refractivity contribution in [2.24, 2.45) is 0 Å². The molecule has 0 aromatic rings. The minimum absolute atomic E-state index is 0. The van der Waals surface area contributed by atoms with Crippen LogP contribution in [0.5, 0.6) is 0 Å². The normalized spacial score (nSPS) is 4.92. The van der Waals surface area contributed by atoms with E-state index in [1.54, 1.807) is 0 Å². The molecular formula is C14H27O5SbSi3W. The van der Waals surface area contributed by atoms with Crippen LogP contribution >= 0.6 is 0 Å². The van der Waals surface area contributed by atoms with Crippen LogP contribution in [0.1, 0.15) is 0 Å². The SMILES string of the molecule is C[Si](C)C.C[Si](C)C.C[Si](C)C.[C-]#[O+].[C-]#[O+].[C-]#[O+].[C-]#[O+].[C-]#[O+].[Sb].[W]. The molecule has 0 amide bonds. The van der Waals surface area contributed by atoms with E-state index in [1.807, 2.05) is 0 Å². The molecule has 0 fully saturated rings. The van der Waals surface area contributed by atoms with E-state index in [2.05, 4.69) is 92.2 Å². The van der Waals surface area contributed by atoms with Crippen LogP contribution in [0.25, 0.3) is 0 Å². The van der Waals surface area contributed by atoms with Crippen molar-refractivity contribution in [1.82, 2.24) is 0 Å². The molecule has 0 N–H and O–H groups in total. The monoisotopic (exact) mass is 664 g/mol. The standard InChI is InChI=1S/3C3H9Si.5CO.Sb.W/c3*1-4(2)3;5*1-2;;/h3*1-3H3;;;;;;;. The average molecular weight is 665 g/mol. The Morgan fingerprint density at radius 1 is 0.375 bits per heavy atom. The third kappa shape index (κ3) is 14900. The third-order valence-corrected chi connectivity index (χ3v) is 0. The first-order valence-electron chi connectivity index (χ1n) is 5.52. The van der Waals surface area contributed by atoms with E-state index in [0.717, 1.165) is 0 Å². The van der Waals surface area contributed by atoms with Crippen LogP contribution in [0.2, 0.25) is 58.9 Å². The summed E-state index contributed by atoms with van der Waals surface area (Å²) in [7, 11) is 0.361. The Balaban J connectivity index is -0.0000000119. The second kappa shape index (κ2) is 128. The zero-order chi connectivity index (χ0) is 20.7. The summed E-state index contributed by atoms with van der Waals surface area (Å²) >= 11 is 0. The molecule has 0 spiro atoms. The fraction of sp³-hybridized carbons (Fsp3) is 0.643.